The van der Waals surface area contributed by atoms with Gasteiger partial charge in [-0.1, -0.05) is 73.1 Å². The molecule has 1 rings (SSSR count). The molecule has 0 aromatic heterocycles. The first-order chi connectivity index (χ1) is 9.12. The first kappa shape index (κ1) is 17.1. The summed E-state index contributed by atoms with van der Waals surface area (Å²) < 4.78 is 0. The van der Waals surface area contributed by atoms with Gasteiger partial charge in [-0.3, -0.25) is 0 Å². The average molecular weight is 267 g/mol. The standard InChI is InChI=1S/C19H38/c1-6-9-15(4)18(7-2)12-10-17-11-13-19(8-3)16(5)14-17/h15-19H,6-14H2,1-5H3. The van der Waals surface area contributed by atoms with Crippen LogP contribution in [0.5, 0.6) is 0 Å². The van der Waals surface area contributed by atoms with Gasteiger partial charge in [-0.15, -0.1) is 0 Å². The Hall–Kier alpha value is 0. The van der Waals surface area contributed by atoms with Crippen LogP contribution >= 0.6 is 0 Å². The monoisotopic (exact) mass is 266 g/mol. The minimum Gasteiger partial charge on any atom is -0.0654 e. The van der Waals surface area contributed by atoms with Crippen molar-refractivity contribution in [2.75, 3.05) is 0 Å². The van der Waals surface area contributed by atoms with E-state index in [1.165, 1.54) is 57.8 Å². The summed E-state index contributed by atoms with van der Waals surface area (Å²) >= 11 is 0. The second-order valence-corrected chi connectivity index (χ2v) is 7.34. The van der Waals surface area contributed by atoms with Crippen LogP contribution in [0, 0.1) is 29.6 Å². The van der Waals surface area contributed by atoms with E-state index in [4.69, 9.17) is 0 Å². The molecule has 0 N–H and O–H groups in total. The smallest absolute Gasteiger partial charge is 0.0391 e. The molecular formula is C19H38. The molecule has 19 heavy (non-hydrogen) atoms. The van der Waals surface area contributed by atoms with Crippen LogP contribution in [0.25, 0.3) is 0 Å². The van der Waals surface area contributed by atoms with E-state index in [0.29, 0.717) is 0 Å². The molecule has 0 aliphatic heterocycles. The molecule has 0 aromatic carbocycles. The summed E-state index contributed by atoms with van der Waals surface area (Å²) in [5, 5.41) is 0. The van der Waals surface area contributed by atoms with Gasteiger partial charge in [0.1, 0.15) is 0 Å². The zero-order valence-electron chi connectivity index (χ0n) is 14.3. The molecule has 0 amide bonds. The molecule has 1 saturated carbocycles. The van der Waals surface area contributed by atoms with E-state index in [1.807, 2.05) is 0 Å². The van der Waals surface area contributed by atoms with Crippen molar-refractivity contribution in [2.45, 2.75) is 92.4 Å². The van der Waals surface area contributed by atoms with Crippen LogP contribution in [0.15, 0.2) is 0 Å². The normalized spacial score (nSPS) is 31.1. The molecule has 0 saturated heterocycles. The summed E-state index contributed by atoms with van der Waals surface area (Å²) in [5.74, 6) is 4.98. The van der Waals surface area contributed by atoms with Gasteiger partial charge >= 0.3 is 0 Å². The van der Waals surface area contributed by atoms with Crippen molar-refractivity contribution in [1.82, 2.24) is 0 Å². The predicted molar refractivity (Wildman–Crippen MR) is 87.4 cm³/mol. The molecule has 0 spiro atoms. The van der Waals surface area contributed by atoms with Crippen LogP contribution in [0.1, 0.15) is 92.4 Å². The molecule has 0 nitrogen and oxygen atoms in total. The minimum absolute atomic E-state index is 0.944. The van der Waals surface area contributed by atoms with Gasteiger partial charge in [-0.25, -0.2) is 0 Å². The number of hydrogen-bond donors (Lipinski definition) is 0. The zero-order valence-corrected chi connectivity index (χ0v) is 14.3. The van der Waals surface area contributed by atoms with Gasteiger partial charge in [0.05, 0.1) is 0 Å². The van der Waals surface area contributed by atoms with Crippen LogP contribution in [0.4, 0.5) is 0 Å². The third-order valence-electron chi connectivity index (χ3n) is 6.00. The Labute approximate surface area is 122 Å². The highest BCUT2D eigenvalue weighted by molar-refractivity contribution is 4.78. The highest BCUT2D eigenvalue weighted by atomic mass is 14.3. The van der Waals surface area contributed by atoms with E-state index in [2.05, 4.69) is 34.6 Å². The van der Waals surface area contributed by atoms with Gasteiger partial charge in [0.25, 0.3) is 0 Å². The van der Waals surface area contributed by atoms with Gasteiger partial charge in [-0.2, -0.15) is 0 Å². The summed E-state index contributed by atoms with van der Waals surface area (Å²) in [5.41, 5.74) is 0. The summed E-state index contributed by atoms with van der Waals surface area (Å²) in [6, 6.07) is 0. The number of hydrogen-bond acceptors (Lipinski definition) is 0. The van der Waals surface area contributed by atoms with E-state index >= 15 is 0 Å². The Bertz CT molecular complexity index is 220. The van der Waals surface area contributed by atoms with Gasteiger partial charge < -0.3 is 0 Å². The third kappa shape index (κ3) is 5.48. The van der Waals surface area contributed by atoms with Crippen LogP contribution in [0.2, 0.25) is 0 Å². The second-order valence-electron chi connectivity index (χ2n) is 7.34. The molecule has 0 aromatic rings. The van der Waals surface area contributed by atoms with Gasteiger partial charge in [0.2, 0.25) is 0 Å². The first-order valence-electron chi connectivity index (χ1n) is 9.12. The quantitative estimate of drug-likeness (QED) is 0.459. The Kier molecular flexibility index (Phi) is 8.11. The van der Waals surface area contributed by atoms with E-state index in [1.54, 1.807) is 0 Å². The summed E-state index contributed by atoms with van der Waals surface area (Å²) in [7, 11) is 0. The summed E-state index contributed by atoms with van der Waals surface area (Å²) in [6.45, 7) is 12.1. The lowest BCUT2D eigenvalue weighted by atomic mass is 9.71. The van der Waals surface area contributed by atoms with Crippen molar-refractivity contribution < 1.29 is 0 Å². The van der Waals surface area contributed by atoms with E-state index in [-0.39, 0.29) is 0 Å². The van der Waals surface area contributed by atoms with Crippen molar-refractivity contribution in [3.05, 3.63) is 0 Å². The molecule has 5 atom stereocenters. The Morgan fingerprint density at radius 1 is 1.05 bits per heavy atom. The maximum atomic E-state index is 2.50. The van der Waals surface area contributed by atoms with Crippen molar-refractivity contribution in [2.24, 2.45) is 29.6 Å². The molecule has 0 heteroatoms. The predicted octanol–water partition coefficient (Wildman–Crippen LogP) is 6.69. The van der Waals surface area contributed by atoms with Gasteiger partial charge in [0.15, 0.2) is 0 Å². The highest BCUT2D eigenvalue weighted by Crippen LogP contribution is 2.38. The van der Waals surface area contributed by atoms with Crippen LogP contribution in [-0.2, 0) is 0 Å². The van der Waals surface area contributed by atoms with Crippen molar-refractivity contribution in [3.63, 3.8) is 0 Å². The third-order valence-corrected chi connectivity index (χ3v) is 6.00. The van der Waals surface area contributed by atoms with Crippen molar-refractivity contribution in [1.29, 1.82) is 0 Å². The minimum atomic E-state index is 0.944. The molecule has 5 unspecified atom stereocenters. The van der Waals surface area contributed by atoms with Crippen molar-refractivity contribution >= 4 is 0 Å². The van der Waals surface area contributed by atoms with Crippen LogP contribution in [-0.4, -0.2) is 0 Å². The summed E-state index contributed by atoms with van der Waals surface area (Å²) in [6.07, 6.45) is 13.1. The summed E-state index contributed by atoms with van der Waals surface area (Å²) in [4.78, 5) is 0. The van der Waals surface area contributed by atoms with Gasteiger partial charge in [-0.05, 0) is 48.9 Å². The lowest BCUT2D eigenvalue weighted by Crippen LogP contribution is -2.23. The lowest BCUT2D eigenvalue weighted by Gasteiger charge is -2.34. The molecule has 0 radical (unpaired) electrons. The Morgan fingerprint density at radius 3 is 2.32 bits per heavy atom. The molecule has 0 bridgehead atoms. The molecule has 1 aliphatic carbocycles. The first-order valence-corrected chi connectivity index (χ1v) is 9.12. The highest BCUT2D eigenvalue weighted by Gasteiger charge is 2.27. The fourth-order valence-electron chi connectivity index (χ4n) is 4.47. The van der Waals surface area contributed by atoms with Gasteiger partial charge in [0, 0.05) is 0 Å². The second kappa shape index (κ2) is 9.03. The van der Waals surface area contributed by atoms with E-state index in [0.717, 1.165) is 29.6 Å². The molecule has 1 aliphatic rings. The molecule has 0 heterocycles. The van der Waals surface area contributed by atoms with Crippen LogP contribution in [0.3, 0.4) is 0 Å². The van der Waals surface area contributed by atoms with E-state index < -0.39 is 0 Å². The molecule has 114 valence electrons. The zero-order chi connectivity index (χ0) is 14.3. The Balaban J connectivity index is 2.31. The lowest BCUT2D eigenvalue weighted by molar-refractivity contribution is 0.168. The Morgan fingerprint density at radius 2 is 1.79 bits per heavy atom. The topological polar surface area (TPSA) is 0 Å². The molecular weight excluding hydrogens is 228 g/mol. The van der Waals surface area contributed by atoms with Crippen LogP contribution < -0.4 is 0 Å². The maximum Gasteiger partial charge on any atom is -0.0391 e. The average Bonchev–Trinajstić information content (AvgIpc) is 2.40. The number of rotatable bonds is 8. The maximum absolute atomic E-state index is 2.50. The SMILES string of the molecule is CCCC(C)C(CC)CCC1CCC(CC)C(C)C1. The fraction of sp³-hybridized carbons (Fsp3) is 1.00. The largest absolute Gasteiger partial charge is 0.0654 e. The van der Waals surface area contributed by atoms with Crippen molar-refractivity contribution in [3.8, 4) is 0 Å². The fourth-order valence-corrected chi connectivity index (χ4v) is 4.47. The molecule has 1 fully saturated rings. The van der Waals surface area contributed by atoms with E-state index in [9.17, 15) is 0 Å².